The van der Waals surface area contributed by atoms with E-state index in [0.717, 1.165) is 0 Å². The van der Waals surface area contributed by atoms with E-state index in [4.69, 9.17) is 18.9 Å². The monoisotopic (exact) mass is 554 g/mol. The maximum atomic E-state index is 12.0. The predicted octanol–water partition coefficient (Wildman–Crippen LogP) is 1.91. The molecule has 3 aromatic carbocycles. The van der Waals surface area contributed by atoms with Crippen LogP contribution in [0.4, 0.5) is 4.79 Å². The molecule has 40 heavy (non-hydrogen) atoms. The lowest BCUT2D eigenvalue weighted by molar-refractivity contribution is -0.482. The van der Waals surface area contributed by atoms with E-state index < -0.39 is 31.3 Å². The zero-order chi connectivity index (χ0) is 28.4. The Morgan fingerprint density at radius 2 is 1.35 bits per heavy atom. The first kappa shape index (κ1) is 30.8. The number of ether oxygens (including phenoxy) is 4. The number of benzene rings is 3. The third-order valence-corrected chi connectivity index (χ3v) is 5.54. The fraction of sp³-hybridized carbons (Fsp3) is 0.345. The van der Waals surface area contributed by atoms with Gasteiger partial charge in [-0.1, -0.05) is 54.6 Å². The Balaban J connectivity index is 1.40. The number of carbonyl (C=O) groups excluding carboxylic acids is 1. The average Bonchev–Trinajstić information content (AvgIpc) is 2.96. The van der Waals surface area contributed by atoms with Crippen LogP contribution >= 0.6 is 0 Å². The van der Waals surface area contributed by atoms with Crippen LogP contribution in [0.5, 0.6) is 17.2 Å². The Kier molecular flexibility index (Phi) is 13.7. The largest absolute Gasteiger partial charge is 0.809 e. The molecule has 0 saturated heterocycles. The number of para-hydroxylation sites is 3. The lowest BCUT2D eigenvalue weighted by Gasteiger charge is -2.28. The molecule has 0 heterocycles. The van der Waals surface area contributed by atoms with E-state index in [-0.39, 0.29) is 13.2 Å². The molecule has 0 radical (unpaired) electrons. The van der Waals surface area contributed by atoms with Gasteiger partial charge in [0.05, 0.1) is 19.1 Å². The molecule has 11 heteroatoms. The van der Waals surface area contributed by atoms with Crippen molar-refractivity contribution in [1.82, 2.24) is 16.0 Å². The predicted molar refractivity (Wildman–Crippen MR) is 145 cm³/mol. The van der Waals surface area contributed by atoms with E-state index in [0.29, 0.717) is 43.1 Å². The summed E-state index contributed by atoms with van der Waals surface area (Å²) in [7, 11) is 0. The topological polar surface area (TPSA) is 154 Å². The van der Waals surface area contributed by atoms with E-state index in [1.165, 1.54) is 0 Å². The third-order valence-electron chi connectivity index (χ3n) is 5.54. The lowest BCUT2D eigenvalue weighted by atomic mass is 10.1. The molecule has 2 unspecified atom stereocenters. The van der Waals surface area contributed by atoms with Gasteiger partial charge in [0.25, 0.3) is 6.41 Å². The highest BCUT2D eigenvalue weighted by molar-refractivity contribution is 5.70. The number of rotatable bonds is 18. The molecule has 0 aliphatic carbocycles. The molecule has 0 saturated carbocycles. The maximum Gasteiger partial charge on any atom is 0.412 e. The molecule has 0 bridgehead atoms. The van der Waals surface area contributed by atoms with Crippen molar-refractivity contribution in [2.24, 2.45) is 0 Å². The molecule has 11 nitrogen and oxygen atoms in total. The first-order valence-electron chi connectivity index (χ1n) is 13.1. The van der Waals surface area contributed by atoms with Crippen molar-refractivity contribution in [2.75, 3.05) is 19.7 Å². The van der Waals surface area contributed by atoms with Crippen molar-refractivity contribution >= 4 is 6.09 Å². The van der Waals surface area contributed by atoms with E-state index in [2.05, 4.69) is 16.0 Å². The summed E-state index contributed by atoms with van der Waals surface area (Å²) in [6.07, 6.45) is -3.23. The molecule has 4 atom stereocenters. The van der Waals surface area contributed by atoms with Crippen LogP contribution in [0.25, 0.3) is 0 Å². The first-order valence-corrected chi connectivity index (χ1v) is 13.1. The van der Waals surface area contributed by atoms with Crippen LogP contribution in [0, 0.1) is 0 Å². The standard InChI is InChI=1S/C29H36N3O8/c33-26(37-21-20-31-28(35)39-23-14-6-2-7-15-23)25(32-29(36)40-24-16-8-3-9-17-24)18-10-11-19-30-27(34)38-22-12-4-1-5-13-22/h1-9,12-17,25-26,28-29,31-33,36H,10-11,18-21H2,(H,30,34)/q-1/t25?,26-,28?,29-/m0/s1. The second-order valence-electron chi connectivity index (χ2n) is 8.66. The second-order valence-corrected chi connectivity index (χ2v) is 8.66. The van der Waals surface area contributed by atoms with Gasteiger partial charge in [-0.05, 0) is 55.7 Å². The molecule has 0 fully saturated rings. The zero-order valence-corrected chi connectivity index (χ0v) is 22.1. The van der Waals surface area contributed by atoms with Crippen LogP contribution in [0.1, 0.15) is 19.3 Å². The fourth-order valence-corrected chi connectivity index (χ4v) is 3.60. The van der Waals surface area contributed by atoms with Crippen molar-refractivity contribution in [2.45, 2.75) is 44.4 Å². The molecular formula is C29H36N3O8-. The van der Waals surface area contributed by atoms with Crippen LogP contribution in [-0.4, -0.2) is 61.2 Å². The fourth-order valence-electron chi connectivity index (χ4n) is 3.60. The Morgan fingerprint density at radius 3 is 1.98 bits per heavy atom. The van der Waals surface area contributed by atoms with Gasteiger partial charge in [0.1, 0.15) is 17.2 Å². The Morgan fingerprint density at radius 1 is 0.775 bits per heavy atom. The first-order chi connectivity index (χ1) is 19.5. The number of unbranched alkanes of at least 4 members (excludes halogenated alkanes) is 1. The number of hydrogen-bond donors (Lipinski definition) is 5. The van der Waals surface area contributed by atoms with Crippen LogP contribution in [-0.2, 0) is 4.74 Å². The van der Waals surface area contributed by atoms with Crippen molar-refractivity contribution in [3.05, 3.63) is 91.0 Å². The number of nitrogens with one attached hydrogen (secondary N) is 3. The van der Waals surface area contributed by atoms with Crippen LogP contribution < -0.4 is 35.3 Å². The molecule has 0 aliphatic rings. The Labute approximate surface area is 233 Å². The molecule has 5 N–H and O–H groups in total. The highest BCUT2D eigenvalue weighted by Crippen LogP contribution is 2.13. The molecule has 3 aromatic rings. The lowest BCUT2D eigenvalue weighted by Crippen LogP contribution is -2.50. The van der Waals surface area contributed by atoms with Crippen molar-refractivity contribution < 1.29 is 39.1 Å². The summed E-state index contributed by atoms with van der Waals surface area (Å²) in [5.41, 5.74) is 0. The third kappa shape index (κ3) is 12.4. The quantitative estimate of drug-likeness (QED) is 0.116. The number of aliphatic hydroxyl groups is 2. The minimum Gasteiger partial charge on any atom is -0.809 e. The summed E-state index contributed by atoms with van der Waals surface area (Å²) in [6.45, 7) is 0.495. The van der Waals surface area contributed by atoms with Gasteiger partial charge in [-0.2, -0.15) is 0 Å². The summed E-state index contributed by atoms with van der Waals surface area (Å²) < 4.78 is 21.4. The molecule has 0 aromatic heterocycles. The molecule has 3 rings (SSSR count). The zero-order valence-electron chi connectivity index (χ0n) is 22.1. The highest BCUT2D eigenvalue weighted by Gasteiger charge is 2.23. The van der Waals surface area contributed by atoms with Crippen molar-refractivity contribution in [3.63, 3.8) is 0 Å². The summed E-state index contributed by atoms with van der Waals surface area (Å²) in [4.78, 5) is 11.9. The van der Waals surface area contributed by atoms with E-state index in [1.54, 1.807) is 72.8 Å². The van der Waals surface area contributed by atoms with Gasteiger partial charge in [-0.15, -0.1) is 0 Å². The van der Waals surface area contributed by atoms with Crippen LogP contribution in [0.3, 0.4) is 0 Å². The maximum absolute atomic E-state index is 12.0. The Bertz CT molecular complexity index is 1080. The number of carbonyl (C=O) groups is 1. The average molecular weight is 555 g/mol. The minimum absolute atomic E-state index is 0.0127. The smallest absolute Gasteiger partial charge is 0.412 e. The molecule has 0 spiro atoms. The SMILES string of the molecule is O=C(NCCCCC(N[C@@H](O)Oc1ccccc1)[C@@H](O)OCCNC([O-])Oc1ccccc1)Oc1ccccc1. The highest BCUT2D eigenvalue weighted by atomic mass is 16.6. The van der Waals surface area contributed by atoms with Gasteiger partial charge in [-0.25, -0.2) is 4.79 Å². The summed E-state index contributed by atoms with van der Waals surface area (Å²) in [6, 6.07) is 25.5. The van der Waals surface area contributed by atoms with Crippen LogP contribution in [0.2, 0.25) is 0 Å². The van der Waals surface area contributed by atoms with Gasteiger partial charge >= 0.3 is 6.09 Å². The molecule has 0 aliphatic heterocycles. The van der Waals surface area contributed by atoms with Crippen LogP contribution in [0.15, 0.2) is 91.0 Å². The number of aliphatic hydroxyl groups excluding tert-OH is 2. The van der Waals surface area contributed by atoms with Gasteiger partial charge in [0.2, 0.25) is 0 Å². The van der Waals surface area contributed by atoms with Gasteiger partial charge in [-0.3, -0.25) is 10.6 Å². The minimum atomic E-state index is -1.50. The summed E-state index contributed by atoms with van der Waals surface area (Å²) >= 11 is 0. The van der Waals surface area contributed by atoms with E-state index >= 15 is 0 Å². The number of hydrogen-bond acceptors (Lipinski definition) is 10. The normalized spacial score (nSPS) is 14.0. The summed E-state index contributed by atoms with van der Waals surface area (Å²) in [5.74, 6) is 1.33. The number of amides is 1. The van der Waals surface area contributed by atoms with Crippen molar-refractivity contribution in [3.8, 4) is 17.2 Å². The second kappa shape index (κ2) is 17.8. The van der Waals surface area contributed by atoms with Gasteiger partial charge in [0.15, 0.2) is 6.29 Å². The van der Waals surface area contributed by atoms with Crippen molar-refractivity contribution in [1.29, 1.82) is 0 Å². The van der Waals surface area contributed by atoms with E-state index in [1.807, 2.05) is 18.2 Å². The Hall–Kier alpha value is -3.71. The molecule has 1 amide bonds. The summed E-state index contributed by atoms with van der Waals surface area (Å²) in [5, 5.41) is 41.2. The van der Waals surface area contributed by atoms with Gasteiger partial charge in [0, 0.05) is 13.1 Å². The molecule has 216 valence electrons. The van der Waals surface area contributed by atoms with Gasteiger partial charge < -0.3 is 39.6 Å². The molecular weight excluding hydrogens is 518 g/mol. The van der Waals surface area contributed by atoms with E-state index in [9.17, 15) is 20.1 Å².